The summed E-state index contributed by atoms with van der Waals surface area (Å²) in [5, 5.41) is 0. The van der Waals surface area contributed by atoms with Gasteiger partial charge in [-0.3, -0.25) is 0 Å². The van der Waals surface area contributed by atoms with Crippen LogP contribution in [0.2, 0.25) is 0 Å². The lowest BCUT2D eigenvalue weighted by molar-refractivity contribution is 0.320. The smallest absolute Gasteiger partial charge is 0.000180 e. The quantitative estimate of drug-likeness (QED) is 0.542. The Morgan fingerprint density at radius 2 is 1.93 bits per heavy atom. The maximum atomic E-state index is 4.16. The zero-order valence-corrected chi connectivity index (χ0v) is 10.5. The molecular weight excluding hydrogens is 180 g/mol. The highest BCUT2D eigenvalue weighted by molar-refractivity contribution is 5.29. The van der Waals surface area contributed by atoms with Crippen molar-refractivity contribution in [2.45, 2.75) is 52.9 Å². The van der Waals surface area contributed by atoms with Crippen LogP contribution in [-0.2, 0) is 0 Å². The van der Waals surface area contributed by atoms with E-state index in [2.05, 4.69) is 27.4 Å². The zero-order chi connectivity index (χ0) is 11.0. The van der Waals surface area contributed by atoms with E-state index in [1.54, 1.807) is 11.1 Å². The maximum Gasteiger partial charge on any atom is 0.000180 e. The first kappa shape index (κ1) is 11.0. The fraction of sp³-hybridized carbons (Fsp3) is 0.733. The molecule has 0 spiro atoms. The van der Waals surface area contributed by atoms with Gasteiger partial charge >= 0.3 is 0 Å². The van der Waals surface area contributed by atoms with Crippen molar-refractivity contribution in [1.82, 2.24) is 0 Å². The Morgan fingerprint density at radius 3 is 2.60 bits per heavy atom. The van der Waals surface area contributed by atoms with E-state index in [1.807, 2.05) is 0 Å². The van der Waals surface area contributed by atoms with E-state index < -0.39 is 0 Å². The first-order valence-electron chi connectivity index (χ1n) is 6.47. The summed E-state index contributed by atoms with van der Waals surface area (Å²) in [6, 6.07) is 0. The van der Waals surface area contributed by atoms with Crippen molar-refractivity contribution < 1.29 is 0 Å². The van der Waals surface area contributed by atoms with Crippen LogP contribution in [0.5, 0.6) is 0 Å². The normalized spacial score (nSPS) is 36.3. The first-order valence-corrected chi connectivity index (χ1v) is 6.47. The second kappa shape index (κ2) is 4.15. The number of hydrogen-bond acceptors (Lipinski definition) is 0. The van der Waals surface area contributed by atoms with E-state index in [1.165, 1.54) is 37.7 Å². The van der Waals surface area contributed by atoms with Crippen LogP contribution < -0.4 is 0 Å². The third-order valence-electron chi connectivity index (χ3n) is 4.54. The molecule has 0 bridgehead atoms. The molecule has 0 aliphatic heterocycles. The molecule has 0 saturated heterocycles. The Labute approximate surface area is 94.5 Å². The number of hydrogen-bond donors (Lipinski definition) is 0. The van der Waals surface area contributed by atoms with Crippen molar-refractivity contribution in [3.8, 4) is 0 Å². The Kier molecular flexibility index (Phi) is 3.04. The third-order valence-corrected chi connectivity index (χ3v) is 4.54. The molecule has 3 atom stereocenters. The van der Waals surface area contributed by atoms with Crippen LogP contribution in [0.3, 0.4) is 0 Å². The minimum atomic E-state index is 0.691. The summed E-state index contributed by atoms with van der Waals surface area (Å²) >= 11 is 0. The van der Waals surface area contributed by atoms with Crippen LogP contribution in [0.15, 0.2) is 23.3 Å². The van der Waals surface area contributed by atoms with E-state index >= 15 is 0 Å². The predicted octanol–water partition coefficient (Wildman–Crippen LogP) is 4.73. The van der Waals surface area contributed by atoms with Gasteiger partial charge in [0.15, 0.2) is 0 Å². The summed E-state index contributed by atoms with van der Waals surface area (Å²) in [6.45, 7) is 11.1. The van der Waals surface area contributed by atoms with Crippen molar-refractivity contribution in [3.05, 3.63) is 23.3 Å². The Balaban J connectivity index is 2.32. The molecule has 2 aliphatic rings. The lowest BCUT2D eigenvalue weighted by atomic mass is 9.66. The molecule has 0 aromatic rings. The summed E-state index contributed by atoms with van der Waals surface area (Å²) in [5.41, 5.74) is 4.85. The minimum absolute atomic E-state index is 0.691. The molecule has 0 nitrogen and oxygen atoms in total. The summed E-state index contributed by atoms with van der Waals surface area (Å²) in [5.74, 6) is 2.45. The fourth-order valence-corrected chi connectivity index (χ4v) is 3.80. The fourth-order valence-electron chi connectivity index (χ4n) is 3.80. The van der Waals surface area contributed by atoms with Crippen LogP contribution in [0.4, 0.5) is 0 Å². The average molecular weight is 204 g/mol. The number of fused-ring (bicyclic) bond motifs is 1. The molecule has 0 N–H and O–H groups in total. The highest BCUT2D eigenvalue weighted by Crippen LogP contribution is 2.46. The molecule has 1 fully saturated rings. The Bertz CT molecular complexity index is 295. The monoisotopic (exact) mass is 204 g/mol. The van der Waals surface area contributed by atoms with Crippen LogP contribution in [0, 0.1) is 17.8 Å². The van der Waals surface area contributed by atoms with Crippen molar-refractivity contribution in [2.24, 2.45) is 17.8 Å². The number of rotatable bonds is 1. The average Bonchev–Trinajstić information content (AvgIpc) is 2.17. The second-order valence-corrected chi connectivity index (χ2v) is 5.64. The van der Waals surface area contributed by atoms with Crippen LogP contribution >= 0.6 is 0 Å². The molecule has 0 aromatic carbocycles. The second-order valence-electron chi connectivity index (χ2n) is 5.64. The van der Waals surface area contributed by atoms with E-state index in [4.69, 9.17) is 0 Å². The Hall–Kier alpha value is -0.520. The van der Waals surface area contributed by atoms with Crippen molar-refractivity contribution in [2.75, 3.05) is 0 Å². The molecule has 84 valence electrons. The summed E-state index contributed by atoms with van der Waals surface area (Å²) in [6.07, 6.45) is 7.06. The van der Waals surface area contributed by atoms with Gasteiger partial charge in [0.2, 0.25) is 0 Å². The topological polar surface area (TPSA) is 0 Å². The summed E-state index contributed by atoms with van der Waals surface area (Å²) in [4.78, 5) is 0. The van der Waals surface area contributed by atoms with Crippen LogP contribution in [0.25, 0.3) is 0 Å². The summed E-state index contributed by atoms with van der Waals surface area (Å²) in [7, 11) is 0. The molecule has 0 amide bonds. The molecule has 1 saturated carbocycles. The molecule has 0 heteroatoms. The molecule has 0 radical (unpaired) electrons. The van der Waals surface area contributed by atoms with Gasteiger partial charge in [-0.1, -0.05) is 36.6 Å². The molecule has 3 unspecified atom stereocenters. The number of allylic oxidation sites excluding steroid dienone is 3. The molecule has 2 aliphatic carbocycles. The van der Waals surface area contributed by atoms with E-state index in [0.717, 1.165) is 11.8 Å². The minimum Gasteiger partial charge on any atom is -0.0995 e. The van der Waals surface area contributed by atoms with Gasteiger partial charge in [-0.25, -0.2) is 0 Å². The van der Waals surface area contributed by atoms with Gasteiger partial charge in [-0.2, -0.15) is 0 Å². The van der Waals surface area contributed by atoms with E-state index in [0.29, 0.717) is 5.92 Å². The van der Waals surface area contributed by atoms with E-state index in [9.17, 15) is 0 Å². The van der Waals surface area contributed by atoms with Gasteiger partial charge in [0.1, 0.15) is 0 Å². The van der Waals surface area contributed by atoms with Gasteiger partial charge in [0, 0.05) is 5.92 Å². The van der Waals surface area contributed by atoms with Crippen molar-refractivity contribution in [3.63, 3.8) is 0 Å². The van der Waals surface area contributed by atoms with Gasteiger partial charge in [-0.15, -0.1) is 0 Å². The predicted molar refractivity (Wildman–Crippen MR) is 66.7 cm³/mol. The molecular formula is C15H24. The van der Waals surface area contributed by atoms with Crippen molar-refractivity contribution >= 4 is 0 Å². The van der Waals surface area contributed by atoms with Gasteiger partial charge in [0.05, 0.1) is 0 Å². The largest absolute Gasteiger partial charge is 0.0995 e. The van der Waals surface area contributed by atoms with E-state index in [-0.39, 0.29) is 0 Å². The highest BCUT2D eigenvalue weighted by atomic mass is 14.4. The zero-order valence-electron chi connectivity index (χ0n) is 10.5. The molecule has 0 aromatic heterocycles. The van der Waals surface area contributed by atoms with Crippen LogP contribution in [-0.4, -0.2) is 0 Å². The molecule has 2 rings (SSSR count). The standard InChI is InChI=1S/C15H24/c1-10(2)14-9-8-13-7-5-6-11(3)15(13)12(14)4/h11,13-14H,1,5-9H2,2-4H3. The highest BCUT2D eigenvalue weighted by Gasteiger charge is 2.32. The van der Waals surface area contributed by atoms with Gasteiger partial charge in [-0.05, 0) is 51.4 Å². The lowest BCUT2D eigenvalue weighted by Crippen LogP contribution is -2.26. The van der Waals surface area contributed by atoms with Crippen LogP contribution in [0.1, 0.15) is 52.9 Å². The first-order chi connectivity index (χ1) is 7.11. The Morgan fingerprint density at radius 1 is 1.20 bits per heavy atom. The lowest BCUT2D eigenvalue weighted by Gasteiger charge is -2.39. The molecule has 15 heavy (non-hydrogen) atoms. The summed E-state index contributed by atoms with van der Waals surface area (Å²) < 4.78 is 0. The van der Waals surface area contributed by atoms with Gasteiger partial charge in [0.25, 0.3) is 0 Å². The SMILES string of the molecule is C=C(C)C1CCC2CCCC(C)C2=C1C. The third kappa shape index (κ3) is 1.91. The van der Waals surface area contributed by atoms with Gasteiger partial charge < -0.3 is 0 Å². The molecule has 0 heterocycles. The van der Waals surface area contributed by atoms with Crippen molar-refractivity contribution in [1.29, 1.82) is 0 Å². The maximum absolute atomic E-state index is 4.16.